The fraction of sp³-hybridized carbons (Fsp3) is 0.438. The van der Waals surface area contributed by atoms with E-state index in [4.69, 9.17) is 11.6 Å². The van der Waals surface area contributed by atoms with Gasteiger partial charge in [0.1, 0.15) is 5.82 Å². The number of hydrogen-bond acceptors (Lipinski definition) is 0. The van der Waals surface area contributed by atoms with Gasteiger partial charge in [-0.2, -0.15) is 0 Å². The summed E-state index contributed by atoms with van der Waals surface area (Å²) in [7, 11) is 0. The standard InChI is InChI=1S/C32H38ClF/c1-2-3-4-24-5-7-25(8-6-24)9-10-26-11-13-27(14-12-26)15-16-28-17-19-29(20-18-28)30-21-22-31(33)32(34)23-30/h5-8,17-23,26-27H,2-4,9-16H2,1H3/t26-,27-. The van der Waals surface area contributed by atoms with E-state index in [1.165, 1.54) is 87.0 Å². The Morgan fingerprint density at radius 2 is 1.15 bits per heavy atom. The molecule has 0 amide bonds. The van der Waals surface area contributed by atoms with Crippen LogP contribution in [0.25, 0.3) is 11.1 Å². The van der Waals surface area contributed by atoms with Crippen LogP contribution in [0.4, 0.5) is 4.39 Å². The van der Waals surface area contributed by atoms with Gasteiger partial charge in [0.25, 0.3) is 0 Å². The lowest BCUT2D eigenvalue weighted by molar-refractivity contribution is 0.253. The third-order valence-electron chi connectivity index (χ3n) is 7.70. The van der Waals surface area contributed by atoms with Gasteiger partial charge in [-0.3, -0.25) is 0 Å². The molecular weight excluding hydrogens is 439 g/mol. The molecule has 1 aliphatic rings. The molecule has 0 unspecified atom stereocenters. The van der Waals surface area contributed by atoms with E-state index in [2.05, 4.69) is 55.5 Å². The van der Waals surface area contributed by atoms with E-state index in [1.54, 1.807) is 6.07 Å². The predicted molar refractivity (Wildman–Crippen MR) is 144 cm³/mol. The first-order chi connectivity index (χ1) is 16.6. The summed E-state index contributed by atoms with van der Waals surface area (Å²) in [6, 6.07) is 23.0. The fourth-order valence-corrected chi connectivity index (χ4v) is 5.46. The molecule has 180 valence electrons. The minimum atomic E-state index is -0.362. The number of benzene rings is 3. The summed E-state index contributed by atoms with van der Waals surface area (Å²) in [5.74, 6) is 1.40. The molecule has 1 saturated carbocycles. The van der Waals surface area contributed by atoms with Gasteiger partial charge in [0.05, 0.1) is 5.02 Å². The first kappa shape index (κ1) is 25.0. The minimum Gasteiger partial charge on any atom is -0.205 e. The highest BCUT2D eigenvalue weighted by Crippen LogP contribution is 2.34. The molecule has 0 saturated heterocycles. The van der Waals surface area contributed by atoms with Crippen LogP contribution in [0.5, 0.6) is 0 Å². The number of hydrogen-bond donors (Lipinski definition) is 0. The van der Waals surface area contributed by atoms with Crippen molar-refractivity contribution in [2.24, 2.45) is 11.8 Å². The van der Waals surface area contributed by atoms with Crippen LogP contribution in [0.2, 0.25) is 5.02 Å². The number of halogens is 2. The molecule has 4 rings (SSSR count). The molecule has 0 bridgehead atoms. The number of rotatable bonds is 10. The molecular formula is C32H38ClF. The topological polar surface area (TPSA) is 0 Å². The largest absolute Gasteiger partial charge is 0.205 e. The summed E-state index contributed by atoms with van der Waals surface area (Å²) in [4.78, 5) is 0. The Morgan fingerprint density at radius 1 is 0.676 bits per heavy atom. The predicted octanol–water partition coefficient (Wildman–Crippen LogP) is 9.86. The van der Waals surface area contributed by atoms with E-state index >= 15 is 0 Å². The van der Waals surface area contributed by atoms with Crippen molar-refractivity contribution < 1.29 is 4.39 Å². The summed E-state index contributed by atoms with van der Waals surface area (Å²) >= 11 is 5.81. The summed E-state index contributed by atoms with van der Waals surface area (Å²) < 4.78 is 13.8. The lowest BCUT2D eigenvalue weighted by Gasteiger charge is -2.28. The van der Waals surface area contributed by atoms with Crippen molar-refractivity contribution in [1.82, 2.24) is 0 Å². The summed E-state index contributed by atoms with van der Waals surface area (Å²) in [6.45, 7) is 2.26. The van der Waals surface area contributed by atoms with Crippen molar-refractivity contribution in [3.05, 3.63) is 94.3 Å². The molecule has 3 aromatic carbocycles. The van der Waals surface area contributed by atoms with E-state index in [0.717, 1.165) is 29.4 Å². The normalized spacial score (nSPS) is 18.2. The first-order valence-corrected chi connectivity index (χ1v) is 13.6. The van der Waals surface area contributed by atoms with Gasteiger partial charge in [-0.15, -0.1) is 0 Å². The minimum absolute atomic E-state index is 0.173. The highest BCUT2D eigenvalue weighted by atomic mass is 35.5. The fourth-order valence-electron chi connectivity index (χ4n) is 5.34. The van der Waals surface area contributed by atoms with E-state index in [1.807, 2.05) is 6.07 Å². The molecule has 2 heteroatoms. The maximum Gasteiger partial charge on any atom is 0.142 e. The van der Waals surface area contributed by atoms with Gasteiger partial charge in [0, 0.05) is 0 Å². The molecule has 0 radical (unpaired) electrons. The molecule has 0 aromatic heterocycles. The number of aryl methyl sites for hydroxylation is 3. The first-order valence-electron chi connectivity index (χ1n) is 13.2. The van der Waals surface area contributed by atoms with Crippen molar-refractivity contribution in [1.29, 1.82) is 0 Å². The van der Waals surface area contributed by atoms with Crippen LogP contribution in [0, 0.1) is 17.7 Å². The summed E-state index contributed by atoms with van der Waals surface area (Å²) in [5, 5.41) is 0.173. The Morgan fingerprint density at radius 3 is 1.65 bits per heavy atom. The van der Waals surface area contributed by atoms with Gasteiger partial charge in [-0.1, -0.05) is 105 Å². The quantitative estimate of drug-likeness (QED) is 0.273. The van der Waals surface area contributed by atoms with Crippen molar-refractivity contribution in [2.75, 3.05) is 0 Å². The molecule has 34 heavy (non-hydrogen) atoms. The zero-order chi connectivity index (χ0) is 23.8. The van der Waals surface area contributed by atoms with Crippen molar-refractivity contribution in [3.63, 3.8) is 0 Å². The summed E-state index contributed by atoms with van der Waals surface area (Å²) in [6.07, 6.45) is 14.3. The second-order valence-electron chi connectivity index (χ2n) is 10.2. The van der Waals surface area contributed by atoms with Crippen LogP contribution in [-0.4, -0.2) is 0 Å². The maximum absolute atomic E-state index is 13.8. The van der Waals surface area contributed by atoms with Crippen LogP contribution in [0.15, 0.2) is 66.7 Å². The van der Waals surface area contributed by atoms with Gasteiger partial charge in [0.15, 0.2) is 0 Å². The lowest BCUT2D eigenvalue weighted by Crippen LogP contribution is -2.15. The van der Waals surface area contributed by atoms with Gasteiger partial charge >= 0.3 is 0 Å². The van der Waals surface area contributed by atoms with Gasteiger partial charge in [0.2, 0.25) is 0 Å². The Hall–Kier alpha value is -2.12. The molecule has 0 N–H and O–H groups in total. The van der Waals surface area contributed by atoms with Crippen molar-refractivity contribution >= 4 is 11.6 Å². The molecule has 0 heterocycles. The van der Waals surface area contributed by atoms with Crippen LogP contribution in [0.3, 0.4) is 0 Å². The molecule has 3 aromatic rings. The third-order valence-corrected chi connectivity index (χ3v) is 8.00. The average molecular weight is 477 g/mol. The molecule has 0 spiro atoms. The van der Waals surface area contributed by atoms with Gasteiger partial charge in [-0.05, 0) is 90.3 Å². The van der Waals surface area contributed by atoms with E-state index < -0.39 is 0 Å². The smallest absolute Gasteiger partial charge is 0.142 e. The second kappa shape index (κ2) is 12.5. The van der Waals surface area contributed by atoms with Crippen LogP contribution >= 0.6 is 11.6 Å². The highest BCUT2D eigenvalue weighted by Gasteiger charge is 2.21. The Labute approximate surface area is 210 Å². The molecule has 0 nitrogen and oxygen atoms in total. The molecule has 0 aliphatic heterocycles. The average Bonchev–Trinajstić information content (AvgIpc) is 2.88. The van der Waals surface area contributed by atoms with Crippen LogP contribution < -0.4 is 0 Å². The number of unbranched alkanes of at least 4 members (excludes halogenated alkanes) is 1. The second-order valence-corrected chi connectivity index (χ2v) is 10.6. The van der Waals surface area contributed by atoms with E-state index in [0.29, 0.717) is 0 Å². The van der Waals surface area contributed by atoms with Crippen molar-refractivity contribution in [3.8, 4) is 11.1 Å². The molecule has 1 fully saturated rings. The van der Waals surface area contributed by atoms with Crippen molar-refractivity contribution in [2.45, 2.75) is 77.6 Å². The molecule has 0 atom stereocenters. The van der Waals surface area contributed by atoms with Gasteiger partial charge < -0.3 is 0 Å². The zero-order valence-corrected chi connectivity index (χ0v) is 21.3. The summed E-state index contributed by atoms with van der Waals surface area (Å²) in [5.41, 5.74) is 6.28. The zero-order valence-electron chi connectivity index (χ0n) is 20.5. The lowest BCUT2D eigenvalue weighted by atomic mass is 9.77. The highest BCUT2D eigenvalue weighted by molar-refractivity contribution is 6.30. The monoisotopic (exact) mass is 476 g/mol. The Kier molecular flexibility index (Phi) is 9.22. The Bertz CT molecular complexity index is 1010. The SMILES string of the molecule is CCCCc1ccc(CC[C@H]2CC[C@H](CCc3ccc(-c4ccc(Cl)c(F)c4)cc3)CC2)cc1. The molecule has 1 aliphatic carbocycles. The van der Waals surface area contributed by atoms with Crippen LogP contribution in [-0.2, 0) is 19.3 Å². The maximum atomic E-state index is 13.8. The van der Waals surface area contributed by atoms with E-state index in [-0.39, 0.29) is 10.8 Å². The Balaban J connectivity index is 1.17. The third kappa shape index (κ3) is 7.19. The van der Waals surface area contributed by atoms with E-state index in [9.17, 15) is 4.39 Å². The van der Waals surface area contributed by atoms with Gasteiger partial charge in [-0.25, -0.2) is 4.39 Å². The van der Waals surface area contributed by atoms with Crippen LogP contribution in [0.1, 0.15) is 75.0 Å².